The minimum absolute atomic E-state index is 0.0397. The van der Waals surface area contributed by atoms with E-state index in [9.17, 15) is 0 Å². The summed E-state index contributed by atoms with van der Waals surface area (Å²) in [7, 11) is 3.26. The molecule has 2 aliphatic heterocycles. The lowest BCUT2D eigenvalue weighted by atomic mass is 9.60. The molecular weight excluding hydrogens is 428 g/mol. The van der Waals surface area contributed by atoms with Crippen molar-refractivity contribution < 1.29 is 9.47 Å². The molecular formula is C26H24N6O2. The summed E-state index contributed by atoms with van der Waals surface area (Å²) < 4.78 is 10.8. The lowest BCUT2D eigenvalue weighted by Crippen LogP contribution is -2.66. The molecule has 0 saturated heterocycles. The van der Waals surface area contributed by atoms with Crippen LogP contribution >= 0.6 is 0 Å². The maximum atomic E-state index is 7.33. The normalized spacial score (nSPS) is 19.1. The van der Waals surface area contributed by atoms with Crippen molar-refractivity contribution in [2.75, 3.05) is 14.2 Å². The van der Waals surface area contributed by atoms with E-state index in [-0.39, 0.29) is 5.96 Å². The molecule has 0 bridgehead atoms. The highest BCUT2D eigenvalue weighted by molar-refractivity contribution is 6.51. The molecule has 0 aromatic heterocycles. The number of ether oxygens (including phenoxy) is 2. The van der Waals surface area contributed by atoms with E-state index in [1.165, 1.54) is 6.34 Å². The summed E-state index contributed by atoms with van der Waals surface area (Å²) in [4.78, 5) is 17.8. The van der Waals surface area contributed by atoms with E-state index in [1.54, 1.807) is 14.2 Å². The van der Waals surface area contributed by atoms with E-state index in [4.69, 9.17) is 25.9 Å². The zero-order chi connectivity index (χ0) is 23.8. The van der Waals surface area contributed by atoms with Crippen molar-refractivity contribution in [1.29, 1.82) is 0 Å². The summed E-state index contributed by atoms with van der Waals surface area (Å²) >= 11 is 0. The molecule has 0 saturated carbocycles. The quantitative estimate of drug-likeness (QED) is 0.559. The first-order chi connectivity index (χ1) is 16.5. The van der Waals surface area contributed by atoms with Gasteiger partial charge in [-0.3, -0.25) is 0 Å². The van der Waals surface area contributed by atoms with E-state index >= 15 is 0 Å². The van der Waals surface area contributed by atoms with Gasteiger partial charge in [0.2, 0.25) is 5.96 Å². The Morgan fingerprint density at radius 1 is 0.765 bits per heavy atom. The molecule has 8 heteroatoms. The third-order valence-electron chi connectivity index (χ3n) is 6.28. The summed E-state index contributed by atoms with van der Waals surface area (Å²) in [5.41, 5.74) is 14.1. The number of hydrogen-bond acceptors (Lipinski definition) is 8. The summed E-state index contributed by atoms with van der Waals surface area (Å²) in [6, 6.07) is 25.5. The molecule has 5 rings (SSSR count). The highest BCUT2D eigenvalue weighted by Gasteiger charge is 2.59. The molecule has 8 nitrogen and oxygen atoms in total. The second kappa shape index (κ2) is 8.24. The number of methoxy groups -OCH3 is 2. The van der Waals surface area contributed by atoms with E-state index in [0.717, 1.165) is 28.2 Å². The van der Waals surface area contributed by atoms with Crippen LogP contribution in [-0.4, -0.2) is 43.7 Å². The summed E-state index contributed by atoms with van der Waals surface area (Å²) in [6.45, 7) is 0. The average molecular weight is 453 g/mol. The highest BCUT2D eigenvalue weighted by Crippen LogP contribution is 2.49. The predicted octanol–water partition coefficient (Wildman–Crippen LogP) is 2.90. The maximum Gasteiger partial charge on any atom is 0.219 e. The van der Waals surface area contributed by atoms with Gasteiger partial charge in [-0.1, -0.05) is 54.6 Å². The zero-order valence-corrected chi connectivity index (χ0v) is 18.8. The molecule has 3 aromatic rings. The number of rotatable bonds is 6. The monoisotopic (exact) mass is 452 g/mol. The van der Waals surface area contributed by atoms with Gasteiger partial charge in [-0.2, -0.15) is 4.99 Å². The van der Waals surface area contributed by atoms with Gasteiger partial charge in [0.15, 0.2) is 11.5 Å². The Morgan fingerprint density at radius 3 is 1.82 bits per heavy atom. The summed E-state index contributed by atoms with van der Waals surface area (Å²) in [6.07, 6.45) is 1.43. The van der Waals surface area contributed by atoms with Crippen molar-refractivity contribution in [3.63, 3.8) is 0 Å². The molecule has 0 radical (unpaired) electrons. The predicted molar refractivity (Wildman–Crippen MR) is 134 cm³/mol. The SMILES string of the molecule is COc1ccc(C(c2ccccc2)(c2ccc(OC)cc2)C2(N)N=C(N)N=C3N=CN=C32)cc1. The average Bonchev–Trinajstić information content (AvgIpc) is 3.35. The fraction of sp³-hybridized carbons (Fsp3) is 0.154. The molecule has 0 fully saturated rings. The van der Waals surface area contributed by atoms with Crippen LogP contribution in [0.25, 0.3) is 0 Å². The Kier molecular flexibility index (Phi) is 5.22. The topological polar surface area (TPSA) is 120 Å². The minimum Gasteiger partial charge on any atom is -0.497 e. The van der Waals surface area contributed by atoms with Crippen LogP contribution in [0.15, 0.2) is 98.8 Å². The van der Waals surface area contributed by atoms with E-state index in [1.807, 2.05) is 78.9 Å². The molecule has 34 heavy (non-hydrogen) atoms. The van der Waals surface area contributed by atoms with Crippen molar-refractivity contribution >= 4 is 23.8 Å². The fourth-order valence-corrected chi connectivity index (χ4v) is 4.77. The standard InChI is InChI=1S/C26H24N6O2/c1-33-20-12-8-18(9-13-20)25(17-6-4-3-5-7-17,19-10-14-21(34-2)15-11-19)26(28)22-23(30-16-29-22)31-24(27)32-26/h3-16H,28H2,1-2H3,(H2,27,32). The van der Waals surface area contributed by atoms with Crippen molar-refractivity contribution in [3.8, 4) is 11.5 Å². The molecule has 1 unspecified atom stereocenters. The van der Waals surface area contributed by atoms with Crippen LogP contribution in [0.3, 0.4) is 0 Å². The van der Waals surface area contributed by atoms with Gasteiger partial charge < -0.3 is 20.9 Å². The number of nitrogens with zero attached hydrogens (tertiary/aromatic N) is 4. The molecule has 0 amide bonds. The molecule has 170 valence electrons. The van der Waals surface area contributed by atoms with Crippen LogP contribution in [0.1, 0.15) is 16.7 Å². The van der Waals surface area contributed by atoms with E-state index < -0.39 is 11.1 Å². The Labute approximate surface area is 197 Å². The molecule has 1 atom stereocenters. The van der Waals surface area contributed by atoms with E-state index in [2.05, 4.69) is 15.0 Å². The second-order valence-corrected chi connectivity index (χ2v) is 7.97. The Hall–Kier alpha value is -4.30. The molecule has 2 heterocycles. The number of aliphatic imine (C=N–C) groups is 4. The van der Waals surface area contributed by atoms with Crippen LogP contribution in [-0.2, 0) is 5.41 Å². The minimum atomic E-state index is -1.46. The summed E-state index contributed by atoms with van der Waals surface area (Å²) in [5, 5.41) is 0. The second-order valence-electron chi connectivity index (χ2n) is 7.97. The summed E-state index contributed by atoms with van der Waals surface area (Å²) in [5.74, 6) is 1.85. The first kappa shape index (κ1) is 21.5. The lowest BCUT2D eigenvalue weighted by molar-refractivity contribution is 0.403. The molecule has 0 spiro atoms. The van der Waals surface area contributed by atoms with Crippen molar-refractivity contribution in [2.45, 2.75) is 11.1 Å². The molecule has 3 aromatic carbocycles. The first-order valence-electron chi connectivity index (χ1n) is 10.7. The maximum absolute atomic E-state index is 7.33. The number of amidine groups is 1. The first-order valence-corrected chi connectivity index (χ1v) is 10.7. The van der Waals surface area contributed by atoms with Crippen LogP contribution in [0, 0.1) is 0 Å². The number of benzene rings is 3. The van der Waals surface area contributed by atoms with Crippen molar-refractivity contribution in [2.24, 2.45) is 31.4 Å². The Morgan fingerprint density at radius 2 is 1.29 bits per heavy atom. The fourth-order valence-electron chi connectivity index (χ4n) is 4.77. The smallest absolute Gasteiger partial charge is 0.219 e. The Bertz CT molecular complexity index is 1280. The number of guanidine groups is 1. The van der Waals surface area contributed by atoms with Crippen molar-refractivity contribution in [1.82, 2.24) is 0 Å². The van der Waals surface area contributed by atoms with Gasteiger partial charge in [0.05, 0.1) is 19.6 Å². The largest absolute Gasteiger partial charge is 0.497 e. The molecule has 2 aliphatic rings. The number of fused-ring (bicyclic) bond motifs is 1. The highest BCUT2D eigenvalue weighted by atomic mass is 16.5. The van der Waals surface area contributed by atoms with Crippen molar-refractivity contribution in [3.05, 3.63) is 95.6 Å². The third-order valence-corrected chi connectivity index (χ3v) is 6.28. The molecule has 0 aliphatic carbocycles. The lowest BCUT2D eigenvalue weighted by Gasteiger charge is -2.48. The van der Waals surface area contributed by atoms with Gasteiger partial charge in [0.1, 0.15) is 23.5 Å². The van der Waals surface area contributed by atoms with Gasteiger partial charge >= 0.3 is 0 Å². The van der Waals surface area contributed by atoms with Gasteiger partial charge in [0.25, 0.3) is 0 Å². The van der Waals surface area contributed by atoms with E-state index in [0.29, 0.717) is 11.5 Å². The van der Waals surface area contributed by atoms with Crippen LogP contribution in [0.4, 0.5) is 0 Å². The van der Waals surface area contributed by atoms with Gasteiger partial charge in [0, 0.05) is 0 Å². The number of hydrogen-bond donors (Lipinski definition) is 2. The Balaban J connectivity index is 1.90. The van der Waals surface area contributed by atoms with Gasteiger partial charge in [-0.05, 0) is 41.0 Å². The van der Waals surface area contributed by atoms with Crippen LogP contribution < -0.4 is 20.9 Å². The van der Waals surface area contributed by atoms with Gasteiger partial charge in [-0.25, -0.2) is 15.0 Å². The molecule has 4 N–H and O–H groups in total. The third kappa shape index (κ3) is 3.11. The zero-order valence-electron chi connectivity index (χ0n) is 18.8. The van der Waals surface area contributed by atoms with Crippen LogP contribution in [0.2, 0.25) is 0 Å². The van der Waals surface area contributed by atoms with Crippen LogP contribution in [0.5, 0.6) is 11.5 Å². The number of nitrogens with two attached hydrogens (primary N) is 2. The van der Waals surface area contributed by atoms with Gasteiger partial charge in [-0.15, -0.1) is 0 Å².